The van der Waals surface area contributed by atoms with Crippen molar-refractivity contribution in [3.05, 3.63) is 29.8 Å². The number of carbonyl (C=O) groups is 1. The average molecular weight is 449 g/mol. The lowest BCUT2D eigenvalue weighted by molar-refractivity contribution is -0.291. The lowest BCUT2D eigenvalue weighted by atomic mass is 9.90. The first-order chi connectivity index (χ1) is 14.7. The van der Waals surface area contributed by atoms with Crippen LogP contribution >= 0.6 is 0 Å². The van der Waals surface area contributed by atoms with Crippen LogP contribution in [0.15, 0.2) is 24.3 Å². The van der Waals surface area contributed by atoms with Gasteiger partial charge in [-0.3, -0.25) is 0 Å². The normalized spacial score (nSPS) is 31.7. The summed E-state index contributed by atoms with van der Waals surface area (Å²) in [5.41, 5.74) is 2.99. The SMILES string of the molecule is COc1ccc(C2OC[C@H]3O[C@@H](C=O)[C@H](C)[C@@H]([Si](C(C)C)(C(C)C)C(C)C)[C@@H]3O2)cc1. The molecule has 0 amide bonds. The fraction of sp³-hybridized carbons (Fsp3) is 0.720. The Labute approximate surface area is 188 Å². The quantitative estimate of drug-likeness (QED) is 0.392. The smallest absolute Gasteiger partial charge is 0.184 e. The molecule has 2 aliphatic heterocycles. The fourth-order valence-electron chi connectivity index (χ4n) is 6.80. The van der Waals surface area contributed by atoms with E-state index >= 15 is 0 Å². The summed E-state index contributed by atoms with van der Waals surface area (Å²) in [5, 5.41) is 0. The number of rotatable bonds is 7. The van der Waals surface area contributed by atoms with Gasteiger partial charge in [0, 0.05) is 5.56 Å². The zero-order chi connectivity index (χ0) is 22.9. The molecule has 2 aliphatic rings. The molecule has 2 saturated heterocycles. The van der Waals surface area contributed by atoms with Crippen LogP contribution in [0.3, 0.4) is 0 Å². The standard InChI is InChI=1S/C25H40O5Si/c1-15(2)31(16(3)4,17(5)6)24-18(7)21(13-26)29-22-14-28-25(30-23(22)24)19-9-11-20(27-8)12-10-19/h9-13,15-18,21-25H,14H2,1-8H3/t18-,21-,22+,23+,24+,25?/m0/s1. The summed E-state index contributed by atoms with van der Waals surface area (Å²) < 4.78 is 24.3. The highest BCUT2D eigenvalue weighted by Gasteiger charge is 2.60. The summed E-state index contributed by atoms with van der Waals surface area (Å²) in [7, 11) is -0.278. The van der Waals surface area contributed by atoms with E-state index in [1.807, 2.05) is 24.3 Å². The van der Waals surface area contributed by atoms with Crippen LogP contribution in [0.25, 0.3) is 0 Å². The van der Waals surface area contributed by atoms with Crippen LogP contribution in [0.5, 0.6) is 5.75 Å². The molecule has 0 N–H and O–H groups in total. The molecule has 0 aliphatic carbocycles. The second kappa shape index (κ2) is 9.73. The maximum absolute atomic E-state index is 12.0. The lowest BCUT2D eigenvalue weighted by Gasteiger charge is -2.58. The monoisotopic (exact) mass is 448 g/mol. The Bertz CT molecular complexity index is 710. The maximum Gasteiger partial charge on any atom is 0.184 e. The van der Waals surface area contributed by atoms with Crippen LogP contribution in [0, 0.1) is 5.92 Å². The van der Waals surface area contributed by atoms with E-state index in [0.29, 0.717) is 28.8 Å². The van der Waals surface area contributed by atoms with Crippen LogP contribution in [0.4, 0.5) is 0 Å². The summed E-state index contributed by atoms with van der Waals surface area (Å²) in [4.78, 5) is 12.0. The molecule has 1 aromatic carbocycles. The van der Waals surface area contributed by atoms with Crippen LogP contribution in [-0.4, -0.2) is 46.4 Å². The van der Waals surface area contributed by atoms with E-state index in [2.05, 4.69) is 48.5 Å². The molecule has 6 heteroatoms. The van der Waals surface area contributed by atoms with Gasteiger partial charge in [-0.2, -0.15) is 0 Å². The Morgan fingerprint density at radius 3 is 2.06 bits per heavy atom. The summed E-state index contributed by atoms with van der Waals surface area (Å²) in [6.07, 6.45) is -0.140. The third-order valence-electron chi connectivity index (χ3n) is 7.93. The molecule has 2 heterocycles. The zero-order valence-corrected chi connectivity index (χ0v) is 21.3. The van der Waals surface area contributed by atoms with Crippen LogP contribution in [0.2, 0.25) is 22.2 Å². The van der Waals surface area contributed by atoms with E-state index in [1.165, 1.54) is 0 Å². The Hall–Kier alpha value is -1.21. The molecule has 1 aromatic rings. The average Bonchev–Trinajstić information content (AvgIpc) is 2.74. The molecular weight excluding hydrogens is 408 g/mol. The zero-order valence-electron chi connectivity index (χ0n) is 20.3. The molecule has 5 nitrogen and oxygen atoms in total. The number of ether oxygens (including phenoxy) is 4. The summed E-state index contributed by atoms with van der Waals surface area (Å²) in [5.74, 6) is 0.928. The molecule has 2 fully saturated rings. The van der Waals surface area contributed by atoms with Gasteiger partial charge in [0.2, 0.25) is 0 Å². The number of methoxy groups -OCH3 is 1. The molecule has 174 valence electrons. The number of carbonyl (C=O) groups excluding carboxylic acids is 1. The predicted molar refractivity (Wildman–Crippen MR) is 125 cm³/mol. The highest BCUT2D eigenvalue weighted by Crippen LogP contribution is 2.58. The Morgan fingerprint density at radius 1 is 1.00 bits per heavy atom. The van der Waals surface area contributed by atoms with E-state index in [0.717, 1.165) is 17.6 Å². The summed E-state index contributed by atoms with van der Waals surface area (Å²) in [6, 6.07) is 7.86. The van der Waals surface area contributed by atoms with Gasteiger partial charge in [-0.05, 0) is 23.6 Å². The molecule has 3 rings (SSSR count). The van der Waals surface area contributed by atoms with Gasteiger partial charge in [0.1, 0.15) is 24.2 Å². The summed E-state index contributed by atoms with van der Waals surface area (Å²) >= 11 is 0. The van der Waals surface area contributed by atoms with Crippen LogP contribution in [-0.2, 0) is 19.0 Å². The number of aldehydes is 1. The number of hydrogen-bond donors (Lipinski definition) is 0. The van der Waals surface area contributed by atoms with Crippen LogP contribution in [0.1, 0.15) is 60.3 Å². The first-order valence-corrected chi connectivity index (χ1v) is 14.0. The van der Waals surface area contributed by atoms with Gasteiger partial charge in [-0.15, -0.1) is 0 Å². The van der Waals surface area contributed by atoms with Crippen molar-refractivity contribution in [3.63, 3.8) is 0 Å². The third kappa shape index (κ3) is 4.24. The molecule has 6 atom stereocenters. The number of fused-ring (bicyclic) bond motifs is 1. The second-order valence-corrected chi connectivity index (χ2v) is 16.3. The van der Waals surface area contributed by atoms with Crippen molar-refractivity contribution in [1.82, 2.24) is 0 Å². The largest absolute Gasteiger partial charge is 0.497 e. The van der Waals surface area contributed by atoms with Crippen molar-refractivity contribution < 1.29 is 23.7 Å². The summed E-state index contributed by atoms with van der Waals surface area (Å²) in [6.45, 7) is 16.9. The molecule has 0 bridgehead atoms. The number of hydrogen-bond acceptors (Lipinski definition) is 5. The van der Waals surface area contributed by atoms with Crippen molar-refractivity contribution in [1.29, 1.82) is 0 Å². The van der Waals surface area contributed by atoms with Gasteiger partial charge in [0.15, 0.2) is 6.29 Å². The molecule has 0 saturated carbocycles. The van der Waals surface area contributed by atoms with Crippen molar-refractivity contribution in [2.75, 3.05) is 13.7 Å². The molecule has 31 heavy (non-hydrogen) atoms. The van der Waals surface area contributed by atoms with Crippen LogP contribution < -0.4 is 4.74 Å². The fourth-order valence-corrected chi connectivity index (χ4v) is 15.1. The highest BCUT2D eigenvalue weighted by molar-refractivity contribution is 6.85. The molecule has 0 radical (unpaired) electrons. The topological polar surface area (TPSA) is 54.0 Å². The first kappa shape index (κ1) is 24.4. The van der Waals surface area contributed by atoms with Gasteiger partial charge in [0.05, 0.1) is 27.9 Å². The second-order valence-electron chi connectivity index (χ2n) is 10.2. The minimum atomic E-state index is -1.94. The Morgan fingerprint density at radius 2 is 1.58 bits per heavy atom. The lowest BCUT2D eigenvalue weighted by Crippen LogP contribution is -2.64. The van der Waals surface area contributed by atoms with E-state index in [4.69, 9.17) is 18.9 Å². The first-order valence-electron chi connectivity index (χ1n) is 11.7. The van der Waals surface area contributed by atoms with Gasteiger partial charge in [-0.25, -0.2) is 0 Å². The van der Waals surface area contributed by atoms with Crippen molar-refractivity contribution in [2.24, 2.45) is 5.92 Å². The molecular formula is C25H40O5Si. The molecule has 0 aromatic heterocycles. The maximum atomic E-state index is 12.0. The van der Waals surface area contributed by atoms with E-state index in [1.54, 1.807) is 7.11 Å². The van der Waals surface area contributed by atoms with Gasteiger partial charge >= 0.3 is 0 Å². The van der Waals surface area contributed by atoms with Gasteiger partial charge < -0.3 is 23.7 Å². The molecule has 1 unspecified atom stereocenters. The van der Waals surface area contributed by atoms with Crippen molar-refractivity contribution >= 4 is 14.4 Å². The highest BCUT2D eigenvalue weighted by atomic mass is 28.3. The Balaban J connectivity index is 2.02. The number of benzene rings is 1. The van der Waals surface area contributed by atoms with E-state index in [9.17, 15) is 4.79 Å². The van der Waals surface area contributed by atoms with Crippen molar-refractivity contribution in [3.8, 4) is 5.75 Å². The van der Waals surface area contributed by atoms with Gasteiger partial charge in [0.25, 0.3) is 0 Å². The Kier molecular flexibility index (Phi) is 7.67. The minimum Gasteiger partial charge on any atom is -0.497 e. The predicted octanol–water partition coefficient (Wildman–Crippen LogP) is 5.76. The van der Waals surface area contributed by atoms with Crippen molar-refractivity contribution in [2.45, 2.75) is 95.2 Å². The third-order valence-corrected chi connectivity index (χ3v) is 15.9. The molecule has 0 spiro atoms. The minimum absolute atomic E-state index is 0.0779. The van der Waals surface area contributed by atoms with E-state index < -0.39 is 20.5 Å². The van der Waals surface area contributed by atoms with Gasteiger partial charge in [-0.1, -0.05) is 77.2 Å². The van der Waals surface area contributed by atoms with E-state index in [-0.39, 0.29) is 18.1 Å².